The molecular weight excluding hydrogens is 511 g/mol. The molecule has 5 rings (SSSR count). The molecule has 3 N–H and O–H groups in total. The number of para-hydroxylation sites is 1. The average molecular weight is 536 g/mol. The van der Waals surface area contributed by atoms with Gasteiger partial charge >= 0.3 is 12.2 Å². The Kier molecular flexibility index (Phi) is 6.18. The number of likely N-dealkylation sites (N-methyl/N-ethyl adjacent to an activating group) is 1. The normalized spacial score (nSPS) is 13.5. The van der Waals surface area contributed by atoms with Crippen LogP contribution in [-0.4, -0.2) is 49.5 Å². The Hall–Kier alpha value is -4.64. The lowest BCUT2D eigenvalue weighted by Gasteiger charge is -2.31. The molecule has 0 spiro atoms. The Morgan fingerprint density at radius 1 is 1.03 bits per heavy atom. The first-order valence-corrected chi connectivity index (χ1v) is 11.9. The highest BCUT2D eigenvalue weighted by molar-refractivity contribution is 5.94. The number of primary amides is 1. The van der Waals surface area contributed by atoms with Gasteiger partial charge < -0.3 is 15.4 Å². The van der Waals surface area contributed by atoms with E-state index in [-0.39, 0.29) is 10.9 Å². The van der Waals surface area contributed by atoms with Gasteiger partial charge in [-0.2, -0.15) is 18.3 Å². The fourth-order valence-corrected chi connectivity index (χ4v) is 4.66. The molecule has 1 unspecified atom stereocenters. The van der Waals surface area contributed by atoms with E-state index in [4.69, 9.17) is 5.73 Å². The highest BCUT2D eigenvalue weighted by Gasteiger charge is 2.57. The van der Waals surface area contributed by atoms with E-state index in [0.29, 0.717) is 15.8 Å². The van der Waals surface area contributed by atoms with Crippen molar-refractivity contribution < 1.29 is 27.9 Å². The Morgan fingerprint density at radius 2 is 1.72 bits per heavy atom. The minimum atomic E-state index is -5.13. The number of rotatable bonds is 5. The third kappa shape index (κ3) is 4.30. The van der Waals surface area contributed by atoms with Crippen LogP contribution in [0.4, 0.5) is 18.0 Å². The van der Waals surface area contributed by atoms with Crippen LogP contribution in [0, 0.1) is 6.92 Å². The lowest BCUT2D eigenvalue weighted by atomic mass is 9.85. The van der Waals surface area contributed by atoms with Crippen LogP contribution in [0.15, 0.2) is 79.1 Å². The molecule has 0 aliphatic rings. The maximum atomic E-state index is 14.8. The molecule has 0 saturated carbocycles. The van der Waals surface area contributed by atoms with Gasteiger partial charge in [0.1, 0.15) is 6.54 Å². The summed E-state index contributed by atoms with van der Waals surface area (Å²) in [6.45, 7) is 1.48. The second-order valence-corrected chi connectivity index (χ2v) is 9.35. The fourth-order valence-electron chi connectivity index (χ4n) is 4.66. The Balaban J connectivity index is 1.66. The van der Waals surface area contributed by atoms with E-state index in [1.165, 1.54) is 48.1 Å². The van der Waals surface area contributed by atoms with Crippen molar-refractivity contribution in [2.24, 2.45) is 5.73 Å². The number of carbonyl (C=O) groups excluding carboxylic acids is 2. The molecule has 2 heterocycles. The molecule has 1 atom stereocenters. The third-order valence-electron chi connectivity index (χ3n) is 6.86. The summed E-state index contributed by atoms with van der Waals surface area (Å²) in [5.74, 6) is -0.727. The van der Waals surface area contributed by atoms with Crippen molar-refractivity contribution in [2.45, 2.75) is 25.2 Å². The smallest absolute Gasteiger partial charge is 0.372 e. The maximum absolute atomic E-state index is 14.8. The Morgan fingerprint density at radius 3 is 2.38 bits per heavy atom. The number of amides is 3. The Bertz CT molecular complexity index is 1720. The monoisotopic (exact) mass is 535 g/mol. The summed E-state index contributed by atoms with van der Waals surface area (Å²) < 4.78 is 47.3. The molecule has 0 bridgehead atoms. The summed E-state index contributed by atoms with van der Waals surface area (Å²) in [6, 6.07) is 16.6. The molecule has 0 aliphatic heterocycles. The van der Waals surface area contributed by atoms with Crippen LogP contribution in [0.3, 0.4) is 0 Å². The van der Waals surface area contributed by atoms with Crippen LogP contribution in [0.2, 0.25) is 0 Å². The van der Waals surface area contributed by atoms with E-state index in [1.807, 2.05) is 31.2 Å². The zero-order valence-electron chi connectivity index (χ0n) is 21.0. The molecule has 11 heteroatoms. The van der Waals surface area contributed by atoms with E-state index in [2.05, 4.69) is 5.10 Å². The summed E-state index contributed by atoms with van der Waals surface area (Å²) >= 11 is 0. The van der Waals surface area contributed by atoms with Crippen molar-refractivity contribution in [1.82, 2.24) is 19.2 Å². The minimum Gasteiger partial charge on any atom is -0.372 e. The van der Waals surface area contributed by atoms with Crippen LogP contribution >= 0.6 is 0 Å². The molecule has 3 amide bonds. The average Bonchev–Trinajstić information content (AvgIpc) is 3.49. The van der Waals surface area contributed by atoms with Gasteiger partial charge in [-0.15, -0.1) is 0 Å². The number of aryl methyl sites for hydroxylation is 1. The second-order valence-electron chi connectivity index (χ2n) is 9.35. The van der Waals surface area contributed by atoms with Gasteiger partial charge in [-0.3, -0.25) is 9.69 Å². The van der Waals surface area contributed by atoms with E-state index in [0.717, 1.165) is 17.4 Å². The highest BCUT2D eigenvalue weighted by atomic mass is 19.4. The lowest BCUT2D eigenvalue weighted by molar-refractivity contribution is -0.247. The standard InChI is InChI=1S/C28H24F3N5O3/c1-17-7-10-20(11-8-17)36-23-12-9-19(13-18(23)14-33-36)27(39,28(29,30)31)22-15-35(16-25(37)34(2)26(32)38)24-6-4-3-5-21(22)24/h3-15,39H,16H2,1-2H3,(H2,32,38). The molecule has 5 aromatic rings. The van der Waals surface area contributed by atoms with Crippen molar-refractivity contribution in [3.8, 4) is 5.69 Å². The molecule has 0 aliphatic carbocycles. The van der Waals surface area contributed by atoms with Crippen molar-refractivity contribution in [3.05, 3.63) is 95.8 Å². The minimum absolute atomic E-state index is 0.0994. The zero-order chi connectivity index (χ0) is 28.1. The lowest BCUT2D eigenvalue weighted by Crippen LogP contribution is -2.43. The molecule has 200 valence electrons. The van der Waals surface area contributed by atoms with Gasteiger partial charge in [-0.25, -0.2) is 9.48 Å². The molecule has 0 saturated heterocycles. The van der Waals surface area contributed by atoms with Gasteiger partial charge in [0, 0.05) is 35.1 Å². The van der Waals surface area contributed by atoms with Crippen LogP contribution in [0.5, 0.6) is 0 Å². The predicted octanol–water partition coefficient (Wildman–Crippen LogP) is 4.62. The number of hydrogen-bond donors (Lipinski definition) is 2. The second kappa shape index (κ2) is 9.28. The van der Waals surface area contributed by atoms with Gasteiger partial charge in [0.25, 0.3) is 0 Å². The van der Waals surface area contributed by atoms with Gasteiger partial charge in [0.2, 0.25) is 11.5 Å². The molecule has 3 aromatic carbocycles. The van der Waals surface area contributed by atoms with Crippen molar-refractivity contribution in [1.29, 1.82) is 0 Å². The van der Waals surface area contributed by atoms with Gasteiger partial charge in [-0.1, -0.05) is 42.0 Å². The maximum Gasteiger partial charge on any atom is 0.425 e. The quantitative estimate of drug-likeness (QED) is 0.342. The van der Waals surface area contributed by atoms with Crippen molar-refractivity contribution in [3.63, 3.8) is 0 Å². The highest BCUT2D eigenvalue weighted by Crippen LogP contribution is 2.47. The van der Waals surface area contributed by atoms with Gasteiger partial charge in [-0.05, 0) is 42.8 Å². The predicted molar refractivity (Wildman–Crippen MR) is 139 cm³/mol. The molecule has 0 fully saturated rings. The number of benzene rings is 3. The summed E-state index contributed by atoms with van der Waals surface area (Å²) in [5.41, 5.74) is 3.51. The fraction of sp³-hybridized carbons (Fsp3) is 0.179. The van der Waals surface area contributed by atoms with Crippen LogP contribution in [0.25, 0.3) is 27.5 Å². The number of halogens is 3. The number of carbonyl (C=O) groups is 2. The third-order valence-corrected chi connectivity index (χ3v) is 6.86. The van der Waals surface area contributed by atoms with Gasteiger partial charge in [0.15, 0.2) is 0 Å². The van der Waals surface area contributed by atoms with Gasteiger partial charge in [0.05, 0.1) is 17.4 Å². The molecular formula is C28H24F3N5O3. The number of nitrogens with zero attached hydrogens (tertiary/aromatic N) is 4. The van der Waals surface area contributed by atoms with E-state index >= 15 is 0 Å². The Labute approximate surface area is 220 Å². The SMILES string of the molecule is Cc1ccc(-n2ncc3cc(C(O)(c4cn(CC(=O)N(C)C(N)=O)c5ccccc45)C(F)(F)F)ccc32)cc1. The number of imide groups is 1. The number of aromatic nitrogens is 3. The number of urea groups is 1. The first kappa shape index (κ1) is 26.0. The molecule has 0 radical (unpaired) electrons. The summed E-state index contributed by atoms with van der Waals surface area (Å²) in [5, 5.41) is 16.4. The van der Waals surface area contributed by atoms with E-state index < -0.39 is 41.4 Å². The van der Waals surface area contributed by atoms with Crippen LogP contribution in [0.1, 0.15) is 16.7 Å². The molecule has 39 heavy (non-hydrogen) atoms. The summed E-state index contributed by atoms with van der Waals surface area (Å²) in [6.07, 6.45) is -2.60. The first-order chi connectivity index (χ1) is 18.4. The first-order valence-electron chi connectivity index (χ1n) is 11.9. The topological polar surface area (TPSA) is 106 Å². The number of fused-ring (bicyclic) bond motifs is 2. The molecule has 2 aromatic heterocycles. The summed E-state index contributed by atoms with van der Waals surface area (Å²) in [7, 11) is 1.18. The van der Waals surface area contributed by atoms with E-state index in [9.17, 15) is 27.9 Å². The van der Waals surface area contributed by atoms with Crippen molar-refractivity contribution in [2.75, 3.05) is 7.05 Å². The van der Waals surface area contributed by atoms with E-state index in [1.54, 1.807) is 16.8 Å². The largest absolute Gasteiger partial charge is 0.425 e. The zero-order valence-corrected chi connectivity index (χ0v) is 21.0. The number of nitrogens with two attached hydrogens (primary N) is 1. The number of hydrogen-bond acceptors (Lipinski definition) is 4. The van der Waals surface area contributed by atoms with Crippen LogP contribution < -0.4 is 5.73 Å². The molecule has 8 nitrogen and oxygen atoms in total. The van der Waals surface area contributed by atoms with Crippen molar-refractivity contribution >= 4 is 33.7 Å². The summed E-state index contributed by atoms with van der Waals surface area (Å²) in [4.78, 5) is 24.6. The number of alkyl halides is 3. The van der Waals surface area contributed by atoms with Crippen LogP contribution in [-0.2, 0) is 16.9 Å². The number of aliphatic hydroxyl groups is 1.